The number of nitriles is 1. The molecule has 2 aliphatic rings. The van der Waals surface area contributed by atoms with E-state index in [1.807, 2.05) is 6.07 Å². The molecule has 2 aromatic heterocycles. The summed E-state index contributed by atoms with van der Waals surface area (Å²) in [5.74, 6) is 0.490. The van der Waals surface area contributed by atoms with Crippen molar-refractivity contribution in [1.29, 1.82) is 5.26 Å². The number of rotatable bonds is 7. The van der Waals surface area contributed by atoms with E-state index in [0.717, 1.165) is 25.7 Å². The van der Waals surface area contributed by atoms with Gasteiger partial charge in [-0.05, 0) is 18.9 Å². The fraction of sp³-hybridized carbons (Fsp3) is 0.611. The molecule has 1 saturated heterocycles. The van der Waals surface area contributed by atoms with Crippen LogP contribution >= 0.6 is 7.60 Å². The molecule has 0 amide bonds. The van der Waals surface area contributed by atoms with Crippen molar-refractivity contribution in [1.82, 2.24) is 14.5 Å². The van der Waals surface area contributed by atoms with E-state index in [1.54, 1.807) is 12.3 Å². The zero-order valence-electron chi connectivity index (χ0n) is 16.5. The topological polar surface area (TPSA) is 183 Å². The molecule has 2 fully saturated rings. The van der Waals surface area contributed by atoms with Crippen molar-refractivity contribution in [3.05, 3.63) is 18.1 Å². The first-order valence-corrected chi connectivity index (χ1v) is 11.8. The Morgan fingerprint density at radius 3 is 2.71 bits per heavy atom. The largest absolute Gasteiger partial charge is 0.387 e. The smallest absolute Gasteiger partial charge is 0.350 e. The van der Waals surface area contributed by atoms with Gasteiger partial charge in [0.2, 0.25) is 5.82 Å². The van der Waals surface area contributed by atoms with E-state index in [0.29, 0.717) is 16.9 Å². The molecule has 31 heavy (non-hydrogen) atoms. The van der Waals surface area contributed by atoms with Crippen molar-refractivity contribution in [3.8, 4) is 6.07 Å². The van der Waals surface area contributed by atoms with E-state index in [-0.39, 0.29) is 18.5 Å². The van der Waals surface area contributed by atoms with Crippen LogP contribution in [0.4, 0.5) is 5.82 Å². The number of aliphatic hydroxyl groups is 2. The van der Waals surface area contributed by atoms with Gasteiger partial charge in [-0.25, -0.2) is 9.97 Å². The van der Waals surface area contributed by atoms with Gasteiger partial charge in [0.05, 0.1) is 12.0 Å². The molecule has 1 aliphatic carbocycles. The Hall–Kier alpha value is -2.10. The van der Waals surface area contributed by atoms with Gasteiger partial charge < -0.3 is 39.4 Å². The normalized spacial score (nSPS) is 27.1. The molecule has 4 atom stereocenters. The Morgan fingerprint density at radius 1 is 1.29 bits per heavy atom. The van der Waals surface area contributed by atoms with Crippen LogP contribution in [0.1, 0.15) is 37.7 Å². The van der Waals surface area contributed by atoms with Crippen molar-refractivity contribution in [3.63, 3.8) is 0 Å². The predicted molar refractivity (Wildman–Crippen MR) is 107 cm³/mol. The number of anilines is 1. The number of ether oxygens (including phenoxy) is 2. The predicted octanol–water partition coefficient (Wildman–Crippen LogP) is 0.428. The maximum absolute atomic E-state index is 10.9. The zero-order valence-corrected chi connectivity index (χ0v) is 17.4. The van der Waals surface area contributed by atoms with Crippen molar-refractivity contribution in [2.75, 3.05) is 18.3 Å². The van der Waals surface area contributed by atoms with Gasteiger partial charge in [0, 0.05) is 12.2 Å². The fourth-order valence-corrected chi connectivity index (χ4v) is 4.39. The van der Waals surface area contributed by atoms with Crippen LogP contribution < -0.4 is 5.32 Å². The maximum atomic E-state index is 10.9. The number of aliphatic hydroxyl groups excluding tert-OH is 2. The molecule has 12 nitrogen and oxygen atoms in total. The third-order valence-corrected chi connectivity index (χ3v) is 6.04. The third kappa shape index (κ3) is 4.73. The van der Waals surface area contributed by atoms with Gasteiger partial charge in [-0.2, -0.15) is 5.26 Å². The second-order valence-corrected chi connectivity index (χ2v) is 9.39. The van der Waals surface area contributed by atoms with Crippen molar-refractivity contribution in [2.45, 2.75) is 56.3 Å². The number of nitrogens with zero attached hydrogens (tertiary/aromatic N) is 4. The van der Waals surface area contributed by atoms with E-state index in [4.69, 9.17) is 19.3 Å². The molecule has 0 radical (unpaired) electrons. The summed E-state index contributed by atoms with van der Waals surface area (Å²) in [6, 6.07) is 3.95. The summed E-state index contributed by atoms with van der Waals surface area (Å²) in [6.45, 7) is -0.314. The summed E-state index contributed by atoms with van der Waals surface area (Å²) in [6.07, 6.45) is 0.379. The number of hydrogen-bond acceptors (Lipinski definition) is 9. The van der Waals surface area contributed by atoms with Crippen LogP contribution in [0.25, 0.3) is 11.0 Å². The third-order valence-electron chi connectivity index (χ3n) is 5.52. The minimum absolute atomic E-state index is 0.0393. The lowest BCUT2D eigenvalue weighted by Crippen LogP contribution is -2.33. The van der Waals surface area contributed by atoms with Gasteiger partial charge in [0.25, 0.3) is 0 Å². The molecular weight excluding hydrogens is 429 g/mol. The minimum atomic E-state index is -4.36. The van der Waals surface area contributed by atoms with E-state index in [9.17, 15) is 20.0 Å². The average Bonchev–Trinajstić information content (AvgIpc) is 3.43. The van der Waals surface area contributed by atoms with Crippen LogP contribution in [0.5, 0.6) is 0 Å². The molecule has 0 bridgehead atoms. The van der Waals surface area contributed by atoms with E-state index < -0.39 is 38.5 Å². The Bertz CT molecular complexity index is 1030. The molecular formula is C18H24N5O7P. The Kier molecular flexibility index (Phi) is 6.27. The summed E-state index contributed by atoms with van der Waals surface area (Å²) in [5.41, 5.74) is 0.361. The number of nitrogens with one attached hydrogen (secondary N) is 1. The van der Waals surface area contributed by atoms with Crippen LogP contribution in [0, 0.1) is 11.3 Å². The Morgan fingerprint density at radius 2 is 2.03 bits per heavy atom. The molecule has 2 aromatic rings. The first-order valence-electron chi connectivity index (χ1n) is 9.96. The van der Waals surface area contributed by atoms with Gasteiger partial charge in [0.15, 0.2) is 6.23 Å². The molecule has 5 N–H and O–H groups in total. The van der Waals surface area contributed by atoms with Gasteiger partial charge in [-0.1, -0.05) is 12.8 Å². The standard InChI is InChI=1S/C18H24N5O7P/c19-7-13-21-16(20-10-3-1-2-4-10)11-5-6-23(17(11)22-13)18-15(25)14(24)12(30-18)8-29-9-31(26,27)28/h5-6,10,12,14-15,18,24-25H,1-4,8-9H2,(H,20,21,22)(H2,26,27,28)/t12-,14-,15-,18-/m1/s1. The van der Waals surface area contributed by atoms with Crippen molar-refractivity contribution in [2.24, 2.45) is 0 Å². The summed E-state index contributed by atoms with van der Waals surface area (Å²) < 4.78 is 23.1. The molecule has 168 valence electrons. The first kappa shape index (κ1) is 22.1. The highest BCUT2D eigenvalue weighted by Crippen LogP contribution is 2.36. The van der Waals surface area contributed by atoms with E-state index in [1.165, 1.54) is 4.57 Å². The van der Waals surface area contributed by atoms with Gasteiger partial charge >= 0.3 is 7.60 Å². The van der Waals surface area contributed by atoms with Crippen molar-refractivity contribution >= 4 is 24.4 Å². The van der Waals surface area contributed by atoms with Crippen LogP contribution in [0.2, 0.25) is 0 Å². The highest BCUT2D eigenvalue weighted by Gasteiger charge is 2.44. The molecule has 13 heteroatoms. The molecule has 4 rings (SSSR count). The second kappa shape index (κ2) is 8.80. The SMILES string of the molecule is N#Cc1nc(NC2CCCC2)c2ccn([C@@H]3O[C@H](COCP(=O)(O)O)[C@@H](O)[C@H]3O)c2n1. The lowest BCUT2D eigenvalue weighted by molar-refractivity contribution is -0.0610. The molecule has 0 unspecified atom stereocenters. The van der Waals surface area contributed by atoms with Gasteiger partial charge in [0.1, 0.15) is 42.2 Å². The van der Waals surface area contributed by atoms with Crippen LogP contribution in [0.3, 0.4) is 0 Å². The summed E-state index contributed by atoms with van der Waals surface area (Å²) in [5, 5.41) is 34.2. The number of fused-ring (bicyclic) bond motifs is 1. The Labute approximate surface area is 177 Å². The van der Waals surface area contributed by atoms with E-state index >= 15 is 0 Å². The van der Waals surface area contributed by atoms with Crippen LogP contribution in [-0.4, -0.2) is 71.8 Å². The maximum Gasteiger partial charge on any atom is 0.350 e. The number of hydrogen-bond donors (Lipinski definition) is 5. The lowest BCUT2D eigenvalue weighted by Gasteiger charge is -2.18. The molecule has 0 spiro atoms. The average molecular weight is 453 g/mol. The van der Waals surface area contributed by atoms with Crippen LogP contribution in [0.15, 0.2) is 12.3 Å². The van der Waals surface area contributed by atoms with Gasteiger partial charge in [-0.3, -0.25) is 4.57 Å². The monoisotopic (exact) mass is 453 g/mol. The number of aromatic nitrogens is 3. The molecule has 0 aromatic carbocycles. The highest BCUT2D eigenvalue weighted by molar-refractivity contribution is 7.51. The molecule has 1 saturated carbocycles. The quantitative estimate of drug-likeness (QED) is 0.366. The highest BCUT2D eigenvalue weighted by atomic mass is 31.2. The molecule has 3 heterocycles. The first-order chi connectivity index (χ1) is 14.8. The van der Waals surface area contributed by atoms with E-state index in [2.05, 4.69) is 15.3 Å². The summed E-state index contributed by atoms with van der Waals surface area (Å²) >= 11 is 0. The lowest BCUT2D eigenvalue weighted by atomic mass is 10.1. The zero-order chi connectivity index (χ0) is 22.2. The fourth-order valence-electron chi connectivity index (χ4n) is 4.05. The molecule has 1 aliphatic heterocycles. The van der Waals surface area contributed by atoms with Gasteiger partial charge in [-0.15, -0.1) is 0 Å². The summed E-state index contributed by atoms with van der Waals surface area (Å²) in [4.78, 5) is 26.3. The second-order valence-electron chi connectivity index (χ2n) is 7.80. The van der Waals surface area contributed by atoms with Crippen molar-refractivity contribution < 1.29 is 34.0 Å². The Balaban J connectivity index is 1.59. The minimum Gasteiger partial charge on any atom is -0.387 e. The van der Waals surface area contributed by atoms with Crippen LogP contribution in [-0.2, 0) is 14.0 Å². The summed E-state index contributed by atoms with van der Waals surface area (Å²) in [7, 11) is -4.36.